The quantitative estimate of drug-likeness (QED) is 0.458. The molecule has 2 aromatic heterocycles. The van der Waals surface area contributed by atoms with Crippen molar-refractivity contribution < 1.29 is 14.3 Å². The number of hydrogen-bond donors (Lipinski definition) is 1. The number of thioether (sulfide) groups is 1. The number of thiophene rings is 1. The number of anilines is 1. The van der Waals surface area contributed by atoms with E-state index in [0.29, 0.717) is 30.4 Å². The molecule has 0 bridgehead atoms. The van der Waals surface area contributed by atoms with E-state index < -0.39 is 0 Å². The maximum Gasteiger partial charge on any atom is 0.234 e. The highest BCUT2D eigenvalue weighted by atomic mass is 32.2. The molecule has 3 heterocycles. The van der Waals surface area contributed by atoms with Gasteiger partial charge in [0.1, 0.15) is 28.9 Å². The summed E-state index contributed by atoms with van der Waals surface area (Å²) >= 11 is 3.14. The molecule has 0 saturated heterocycles. The molecule has 1 amide bonds. The van der Waals surface area contributed by atoms with E-state index in [2.05, 4.69) is 33.0 Å². The van der Waals surface area contributed by atoms with Gasteiger partial charge in [-0.15, -0.1) is 11.3 Å². The maximum atomic E-state index is 12.6. The Morgan fingerprint density at radius 1 is 1.21 bits per heavy atom. The number of rotatable bonds is 5. The zero-order chi connectivity index (χ0) is 20.5. The molecular weight excluding hydrogens is 406 g/mol. The van der Waals surface area contributed by atoms with Crippen molar-refractivity contribution in [3.63, 3.8) is 0 Å². The monoisotopic (exact) mass is 429 g/mol. The first-order valence-corrected chi connectivity index (χ1v) is 11.3. The second kappa shape index (κ2) is 8.20. The molecular formula is C21H23N3O3S2. The summed E-state index contributed by atoms with van der Waals surface area (Å²) in [4.78, 5) is 24.3. The molecule has 1 N–H and O–H groups in total. The minimum absolute atomic E-state index is 0.0888. The summed E-state index contributed by atoms with van der Waals surface area (Å²) in [6.07, 6.45) is 0. The molecule has 0 atom stereocenters. The average Bonchev–Trinajstić information content (AvgIpc) is 3.00. The number of nitrogens with zero attached hydrogens (tertiary/aromatic N) is 2. The molecule has 152 valence electrons. The number of ether oxygens (including phenoxy) is 2. The zero-order valence-electron chi connectivity index (χ0n) is 16.9. The van der Waals surface area contributed by atoms with E-state index in [-0.39, 0.29) is 17.6 Å². The van der Waals surface area contributed by atoms with Crippen molar-refractivity contribution in [2.75, 3.05) is 24.3 Å². The molecule has 1 aliphatic rings. The van der Waals surface area contributed by atoms with E-state index in [1.54, 1.807) is 17.4 Å². The van der Waals surface area contributed by atoms with Gasteiger partial charge in [0.15, 0.2) is 11.5 Å². The number of nitrogens with one attached hydrogen (secondary N) is 1. The summed E-state index contributed by atoms with van der Waals surface area (Å²) in [7, 11) is 0. The van der Waals surface area contributed by atoms with E-state index in [1.165, 1.54) is 22.2 Å². The van der Waals surface area contributed by atoms with Gasteiger partial charge in [0.2, 0.25) is 5.91 Å². The third-order valence-corrected chi connectivity index (χ3v) is 6.77. The Kier molecular flexibility index (Phi) is 5.65. The topological polar surface area (TPSA) is 73.3 Å². The van der Waals surface area contributed by atoms with Gasteiger partial charge in [0.25, 0.3) is 0 Å². The fourth-order valence-electron chi connectivity index (χ4n) is 3.04. The lowest BCUT2D eigenvalue weighted by atomic mass is 10.2. The lowest BCUT2D eigenvalue weighted by Gasteiger charge is -2.19. The molecule has 0 spiro atoms. The van der Waals surface area contributed by atoms with Crippen LogP contribution in [0.2, 0.25) is 0 Å². The number of carbonyl (C=O) groups is 1. The molecule has 0 aliphatic carbocycles. The fraction of sp³-hybridized carbons (Fsp3) is 0.381. The second-order valence-electron chi connectivity index (χ2n) is 7.20. The van der Waals surface area contributed by atoms with Gasteiger partial charge in [-0.2, -0.15) is 0 Å². The van der Waals surface area contributed by atoms with E-state index in [4.69, 9.17) is 19.4 Å². The summed E-state index contributed by atoms with van der Waals surface area (Å²) in [5, 5.41) is 4.87. The SMILES string of the molecule is Cc1sc2nc(C(C)C)nc(SCC(=O)Nc3ccc4c(c3)OCCO4)c2c1C. The first kappa shape index (κ1) is 20.0. The first-order chi connectivity index (χ1) is 13.9. The van der Waals surface area contributed by atoms with Crippen molar-refractivity contribution in [2.24, 2.45) is 0 Å². The average molecular weight is 430 g/mol. The van der Waals surface area contributed by atoms with E-state index >= 15 is 0 Å². The van der Waals surface area contributed by atoms with Crippen molar-refractivity contribution >= 4 is 44.9 Å². The lowest BCUT2D eigenvalue weighted by Crippen LogP contribution is -2.17. The zero-order valence-corrected chi connectivity index (χ0v) is 18.5. The van der Waals surface area contributed by atoms with Gasteiger partial charge in [-0.1, -0.05) is 25.6 Å². The number of benzene rings is 1. The summed E-state index contributed by atoms with van der Waals surface area (Å²) in [5.74, 6) is 2.59. The van der Waals surface area contributed by atoms with Crippen molar-refractivity contribution in [2.45, 2.75) is 38.6 Å². The number of aromatic nitrogens is 2. The van der Waals surface area contributed by atoms with Crippen LogP contribution in [0.5, 0.6) is 11.5 Å². The number of carbonyl (C=O) groups excluding carboxylic acids is 1. The highest BCUT2D eigenvalue weighted by molar-refractivity contribution is 8.00. The van der Waals surface area contributed by atoms with Crippen molar-refractivity contribution in [1.82, 2.24) is 9.97 Å². The highest BCUT2D eigenvalue weighted by Crippen LogP contribution is 2.36. The Balaban J connectivity index is 1.51. The Bertz CT molecular complexity index is 1080. The normalized spacial score (nSPS) is 13.1. The van der Waals surface area contributed by atoms with Crippen molar-refractivity contribution in [3.8, 4) is 11.5 Å². The molecule has 0 unspecified atom stereocenters. The van der Waals surface area contributed by atoms with E-state index in [0.717, 1.165) is 21.1 Å². The molecule has 4 rings (SSSR count). The van der Waals surface area contributed by atoms with Crippen LogP contribution in [0.15, 0.2) is 23.2 Å². The molecule has 0 radical (unpaired) electrons. The molecule has 0 fully saturated rings. The van der Waals surface area contributed by atoms with Gasteiger partial charge < -0.3 is 14.8 Å². The van der Waals surface area contributed by atoms with Crippen LogP contribution in [0.1, 0.15) is 36.0 Å². The Morgan fingerprint density at radius 2 is 1.97 bits per heavy atom. The summed E-state index contributed by atoms with van der Waals surface area (Å²) in [6.45, 7) is 9.41. The van der Waals surface area contributed by atoms with Crippen LogP contribution >= 0.6 is 23.1 Å². The van der Waals surface area contributed by atoms with Gasteiger partial charge in [-0.05, 0) is 31.5 Å². The first-order valence-electron chi connectivity index (χ1n) is 9.52. The second-order valence-corrected chi connectivity index (χ2v) is 9.37. The summed E-state index contributed by atoms with van der Waals surface area (Å²) in [6, 6.07) is 5.43. The van der Waals surface area contributed by atoms with Gasteiger partial charge in [0.05, 0.1) is 5.75 Å². The summed E-state index contributed by atoms with van der Waals surface area (Å²) < 4.78 is 11.1. The van der Waals surface area contributed by atoms with Gasteiger partial charge >= 0.3 is 0 Å². The third kappa shape index (κ3) is 4.18. The largest absolute Gasteiger partial charge is 0.486 e. The number of hydrogen-bond acceptors (Lipinski definition) is 7. The van der Waals surface area contributed by atoms with Gasteiger partial charge in [0, 0.05) is 27.9 Å². The number of amides is 1. The smallest absolute Gasteiger partial charge is 0.234 e. The standard InChI is InChI=1S/C21H23N3O3S2/c1-11(2)19-23-20(18-12(3)13(4)29-21(18)24-19)28-10-17(25)22-14-5-6-15-16(9-14)27-8-7-26-15/h5-6,9,11H,7-8,10H2,1-4H3,(H,22,25). The van der Waals surface area contributed by atoms with E-state index in [9.17, 15) is 4.79 Å². The van der Waals surface area contributed by atoms with Crippen LogP contribution in [-0.2, 0) is 4.79 Å². The maximum absolute atomic E-state index is 12.6. The molecule has 29 heavy (non-hydrogen) atoms. The van der Waals surface area contributed by atoms with Crippen LogP contribution in [0.4, 0.5) is 5.69 Å². The van der Waals surface area contributed by atoms with Crippen LogP contribution < -0.4 is 14.8 Å². The fourth-order valence-corrected chi connectivity index (χ4v) is 5.04. The molecule has 1 aliphatic heterocycles. The van der Waals surface area contributed by atoms with Gasteiger partial charge in [-0.3, -0.25) is 4.79 Å². The minimum Gasteiger partial charge on any atom is -0.486 e. The van der Waals surface area contributed by atoms with E-state index in [1.807, 2.05) is 12.1 Å². The van der Waals surface area contributed by atoms with Crippen LogP contribution in [0.3, 0.4) is 0 Å². The van der Waals surface area contributed by atoms with Crippen LogP contribution in [0.25, 0.3) is 10.2 Å². The highest BCUT2D eigenvalue weighted by Gasteiger charge is 2.18. The minimum atomic E-state index is -0.0888. The molecule has 3 aromatic rings. The molecule has 6 nitrogen and oxygen atoms in total. The molecule has 8 heteroatoms. The van der Waals surface area contributed by atoms with Gasteiger partial charge in [-0.25, -0.2) is 9.97 Å². The number of aryl methyl sites for hydroxylation is 2. The van der Waals surface area contributed by atoms with Crippen molar-refractivity contribution in [1.29, 1.82) is 0 Å². The Hall–Kier alpha value is -2.32. The lowest BCUT2D eigenvalue weighted by molar-refractivity contribution is -0.113. The molecule has 0 saturated carbocycles. The van der Waals surface area contributed by atoms with Crippen molar-refractivity contribution in [3.05, 3.63) is 34.5 Å². The predicted octanol–water partition coefficient (Wildman–Crippen LogP) is 4.93. The van der Waals surface area contributed by atoms with Crippen LogP contribution in [0, 0.1) is 13.8 Å². The number of fused-ring (bicyclic) bond motifs is 2. The van der Waals surface area contributed by atoms with Crippen LogP contribution in [-0.4, -0.2) is 34.8 Å². The third-order valence-electron chi connectivity index (χ3n) is 4.70. The Labute approximate surface area is 178 Å². The Morgan fingerprint density at radius 3 is 2.72 bits per heavy atom. The predicted molar refractivity (Wildman–Crippen MR) is 118 cm³/mol. The summed E-state index contributed by atoms with van der Waals surface area (Å²) in [5.41, 5.74) is 1.88. The molecule has 1 aromatic carbocycles.